The SMILES string of the molecule is CCOc1ccc(NC(=O)CC2C(=O)N(Cc3ccccc3)C(=S)N2CCc2ccc(OC)c(OC)c2)cc1. The van der Waals surface area contributed by atoms with Gasteiger partial charge in [0.15, 0.2) is 16.6 Å². The monoisotopic (exact) mass is 547 g/mol. The molecule has 4 rings (SSSR count). The van der Waals surface area contributed by atoms with Crippen molar-refractivity contribution >= 4 is 34.8 Å². The van der Waals surface area contributed by atoms with E-state index >= 15 is 0 Å². The molecule has 0 bridgehead atoms. The van der Waals surface area contributed by atoms with E-state index in [0.29, 0.717) is 48.4 Å². The van der Waals surface area contributed by atoms with Crippen LogP contribution in [-0.4, -0.2) is 60.1 Å². The maximum Gasteiger partial charge on any atom is 0.252 e. The number of nitrogens with zero attached hydrogens (tertiary/aromatic N) is 2. The second-order valence-electron chi connectivity index (χ2n) is 9.05. The minimum absolute atomic E-state index is 0.0244. The van der Waals surface area contributed by atoms with E-state index in [0.717, 1.165) is 16.9 Å². The number of anilines is 1. The van der Waals surface area contributed by atoms with Crippen molar-refractivity contribution < 1.29 is 23.8 Å². The van der Waals surface area contributed by atoms with Crippen LogP contribution < -0.4 is 19.5 Å². The van der Waals surface area contributed by atoms with Crippen molar-refractivity contribution in [1.82, 2.24) is 9.80 Å². The van der Waals surface area contributed by atoms with E-state index in [1.165, 1.54) is 0 Å². The fraction of sp³-hybridized carbons (Fsp3) is 0.300. The summed E-state index contributed by atoms with van der Waals surface area (Å²) < 4.78 is 16.2. The molecule has 39 heavy (non-hydrogen) atoms. The third-order valence-electron chi connectivity index (χ3n) is 6.50. The van der Waals surface area contributed by atoms with Crippen LogP contribution in [0.15, 0.2) is 72.8 Å². The Labute approximate surface area is 234 Å². The highest BCUT2D eigenvalue weighted by Gasteiger charge is 2.43. The van der Waals surface area contributed by atoms with Crippen molar-refractivity contribution in [1.29, 1.82) is 0 Å². The molecule has 1 unspecified atom stereocenters. The Morgan fingerprint density at radius 1 is 0.949 bits per heavy atom. The first-order chi connectivity index (χ1) is 18.9. The molecule has 1 aliphatic rings. The molecule has 8 nitrogen and oxygen atoms in total. The van der Waals surface area contributed by atoms with E-state index in [1.807, 2.05) is 60.4 Å². The van der Waals surface area contributed by atoms with Crippen molar-refractivity contribution in [2.24, 2.45) is 0 Å². The van der Waals surface area contributed by atoms with Crippen LogP contribution in [0.4, 0.5) is 5.69 Å². The zero-order valence-electron chi connectivity index (χ0n) is 22.4. The average Bonchev–Trinajstić information content (AvgIpc) is 3.16. The van der Waals surface area contributed by atoms with Gasteiger partial charge in [-0.3, -0.25) is 14.5 Å². The van der Waals surface area contributed by atoms with Crippen LogP contribution in [-0.2, 0) is 22.6 Å². The Kier molecular flexibility index (Phi) is 9.38. The third-order valence-corrected chi connectivity index (χ3v) is 6.96. The number of ether oxygens (including phenoxy) is 3. The molecule has 9 heteroatoms. The van der Waals surface area contributed by atoms with Crippen molar-refractivity contribution in [3.8, 4) is 17.2 Å². The Morgan fingerprint density at radius 2 is 1.67 bits per heavy atom. The predicted molar refractivity (Wildman–Crippen MR) is 154 cm³/mol. The van der Waals surface area contributed by atoms with Crippen LogP contribution in [0.25, 0.3) is 0 Å². The summed E-state index contributed by atoms with van der Waals surface area (Å²) in [5.41, 5.74) is 2.60. The van der Waals surface area contributed by atoms with Crippen LogP contribution in [0.5, 0.6) is 17.2 Å². The topological polar surface area (TPSA) is 80.3 Å². The minimum Gasteiger partial charge on any atom is -0.494 e. The molecule has 0 radical (unpaired) electrons. The molecule has 1 heterocycles. The number of hydrogen-bond acceptors (Lipinski definition) is 6. The highest BCUT2D eigenvalue weighted by atomic mass is 32.1. The Balaban J connectivity index is 1.50. The average molecular weight is 548 g/mol. The zero-order valence-corrected chi connectivity index (χ0v) is 23.2. The first-order valence-electron chi connectivity index (χ1n) is 12.8. The fourth-order valence-corrected chi connectivity index (χ4v) is 4.90. The molecule has 2 amide bonds. The summed E-state index contributed by atoms with van der Waals surface area (Å²) in [6, 6.07) is 21.9. The molecule has 0 saturated carbocycles. The first kappa shape index (κ1) is 27.9. The summed E-state index contributed by atoms with van der Waals surface area (Å²) in [6.45, 7) is 3.29. The van der Waals surface area contributed by atoms with E-state index in [2.05, 4.69) is 5.32 Å². The maximum absolute atomic E-state index is 13.6. The molecule has 204 valence electrons. The number of hydrogen-bond donors (Lipinski definition) is 1. The van der Waals surface area contributed by atoms with Gasteiger partial charge in [0.2, 0.25) is 5.91 Å². The van der Waals surface area contributed by atoms with Gasteiger partial charge in [0.25, 0.3) is 5.91 Å². The van der Waals surface area contributed by atoms with Crippen molar-refractivity contribution in [3.05, 3.63) is 83.9 Å². The lowest BCUT2D eigenvalue weighted by Crippen LogP contribution is -2.39. The number of methoxy groups -OCH3 is 2. The maximum atomic E-state index is 13.6. The van der Waals surface area contributed by atoms with Crippen molar-refractivity contribution in [2.75, 3.05) is 32.7 Å². The summed E-state index contributed by atoms with van der Waals surface area (Å²) in [6.07, 6.45) is 0.577. The van der Waals surface area contributed by atoms with Crippen LogP contribution in [0.2, 0.25) is 0 Å². The second kappa shape index (κ2) is 13.1. The van der Waals surface area contributed by atoms with Gasteiger partial charge in [-0.05, 0) is 73.1 Å². The highest BCUT2D eigenvalue weighted by Crippen LogP contribution is 2.29. The molecule has 1 atom stereocenters. The molecular weight excluding hydrogens is 514 g/mol. The largest absolute Gasteiger partial charge is 0.494 e. The quantitative estimate of drug-likeness (QED) is 0.330. The molecule has 1 fully saturated rings. The van der Waals surface area contributed by atoms with Crippen LogP contribution in [0.3, 0.4) is 0 Å². The second-order valence-corrected chi connectivity index (χ2v) is 9.42. The van der Waals surface area contributed by atoms with E-state index in [4.69, 9.17) is 26.4 Å². The first-order valence-corrected chi connectivity index (χ1v) is 13.2. The Morgan fingerprint density at radius 3 is 2.33 bits per heavy atom. The molecule has 0 spiro atoms. The molecular formula is C30H33N3O5S. The normalized spacial score (nSPS) is 14.9. The number of nitrogens with one attached hydrogen (secondary N) is 1. The van der Waals surface area contributed by atoms with Gasteiger partial charge in [-0.2, -0.15) is 0 Å². The van der Waals surface area contributed by atoms with Gasteiger partial charge in [-0.15, -0.1) is 0 Å². The van der Waals surface area contributed by atoms with Gasteiger partial charge in [-0.1, -0.05) is 36.4 Å². The number of amides is 2. The van der Waals surface area contributed by atoms with Gasteiger partial charge in [-0.25, -0.2) is 0 Å². The van der Waals surface area contributed by atoms with Crippen LogP contribution >= 0.6 is 12.2 Å². The Hall–Kier alpha value is -4.11. The van der Waals surface area contributed by atoms with Gasteiger partial charge >= 0.3 is 0 Å². The molecule has 0 aromatic heterocycles. The summed E-state index contributed by atoms with van der Waals surface area (Å²) >= 11 is 5.78. The lowest BCUT2D eigenvalue weighted by Gasteiger charge is -2.24. The summed E-state index contributed by atoms with van der Waals surface area (Å²) in [4.78, 5) is 30.1. The predicted octanol–water partition coefficient (Wildman–Crippen LogP) is 4.67. The standard InChI is InChI=1S/C30H33N3O5S/c1-4-38-24-13-11-23(12-14-24)31-28(34)19-25-29(35)33(20-22-8-6-5-7-9-22)30(39)32(25)17-16-21-10-15-26(36-2)27(18-21)37-3/h5-15,18,25H,4,16-17,19-20H2,1-3H3,(H,31,34). The van der Waals surface area contributed by atoms with Gasteiger partial charge in [0.05, 0.1) is 33.8 Å². The number of thiocarbonyl (C=S) groups is 1. The smallest absolute Gasteiger partial charge is 0.252 e. The van der Waals surface area contributed by atoms with E-state index in [-0.39, 0.29) is 18.2 Å². The molecule has 3 aromatic rings. The van der Waals surface area contributed by atoms with Crippen molar-refractivity contribution in [2.45, 2.75) is 32.4 Å². The summed E-state index contributed by atoms with van der Waals surface area (Å²) in [5.74, 6) is 1.55. The Bertz CT molecular complexity index is 1300. The molecule has 3 aromatic carbocycles. The summed E-state index contributed by atoms with van der Waals surface area (Å²) in [7, 11) is 3.19. The number of carbonyl (C=O) groups is 2. The number of rotatable bonds is 12. The van der Waals surface area contributed by atoms with E-state index in [1.54, 1.807) is 43.4 Å². The van der Waals surface area contributed by atoms with Crippen molar-refractivity contribution in [3.63, 3.8) is 0 Å². The van der Waals surface area contributed by atoms with Gasteiger partial charge in [0, 0.05) is 12.2 Å². The lowest BCUT2D eigenvalue weighted by atomic mass is 10.1. The van der Waals surface area contributed by atoms with E-state index < -0.39 is 6.04 Å². The van der Waals surface area contributed by atoms with Gasteiger partial charge in [0.1, 0.15) is 11.8 Å². The molecule has 1 N–H and O–H groups in total. The lowest BCUT2D eigenvalue weighted by molar-refractivity contribution is -0.131. The van der Waals surface area contributed by atoms with Gasteiger partial charge < -0.3 is 24.4 Å². The molecule has 1 aliphatic heterocycles. The minimum atomic E-state index is -0.705. The number of carbonyl (C=O) groups excluding carboxylic acids is 2. The molecule has 0 aliphatic carbocycles. The fourth-order valence-electron chi connectivity index (χ4n) is 4.53. The summed E-state index contributed by atoms with van der Waals surface area (Å²) in [5, 5.41) is 3.31. The highest BCUT2D eigenvalue weighted by molar-refractivity contribution is 7.80. The number of benzene rings is 3. The zero-order chi connectivity index (χ0) is 27.8. The third kappa shape index (κ3) is 6.86. The van der Waals surface area contributed by atoms with Crippen LogP contribution in [0, 0.1) is 0 Å². The molecule has 1 saturated heterocycles. The van der Waals surface area contributed by atoms with E-state index in [9.17, 15) is 9.59 Å². The van der Waals surface area contributed by atoms with Crippen LogP contribution in [0.1, 0.15) is 24.5 Å².